The van der Waals surface area contributed by atoms with Gasteiger partial charge in [0.05, 0.1) is 0 Å². The zero-order valence-electron chi connectivity index (χ0n) is 10.0. The van der Waals surface area contributed by atoms with Crippen LogP contribution in [0.1, 0.15) is 59.3 Å². The van der Waals surface area contributed by atoms with Gasteiger partial charge >= 0.3 is 5.97 Å². The average Bonchev–Trinajstić information content (AvgIpc) is 2.70. The van der Waals surface area contributed by atoms with Crippen LogP contribution in [-0.4, -0.2) is 22.3 Å². The molecule has 1 rings (SSSR count). The van der Waals surface area contributed by atoms with Gasteiger partial charge in [-0.3, -0.25) is 0 Å². The fourth-order valence-electron chi connectivity index (χ4n) is 2.15. The largest absolute Gasteiger partial charge is 0.479 e. The minimum absolute atomic E-state index is 0.469. The number of hydrogen-bond acceptors (Lipinski definition) is 2. The highest BCUT2D eigenvalue weighted by molar-refractivity contribution is 5.82. The summed E-state index contributed by atoms with van der Waals surface area (Å²) in [6.07, 6.45) is 6.38. The summed E-state index contributed by atoms with van der Waals surface area (Å²) in [7, 11) is 0. The first-order valence-corrected chi connectivity index (χ1v) is 5.90. The molecule has 0 aromatic carbocycles. The number of rotatable bonds is 7. The quantitative estimate of drug-likeness (QED) is 0.523. The van der Waals surface area contributed by atoms with E-state index in [1.165, 1.54) is 19.3 Å². The SMILES string of the molecule is CCCCCCCC1(C(=O)O)OC1(C)C. The van der Waals surface area contributed by atoms with E-state index in [-0.39, 0.29) is 0 Å². The highest BCUT2D eigenvalue weighted by atomic mass is 16.6. The van der Waals surface area contributed by atoms with E-state index in [0.717, 1.165) is 12.8 Å². The second-order valence-corrected chi connectivity index (χ2v) is 4.91. The molecule has 1 N–H and O–H groups in total. The van der Waals surface area contributed by atoms with Crippen LogP contribution in [0.4, 0.5) is 0 Å². The van der Waals surface area contributed by atoms with Crippen LogP contribution in [0, 0.1) is 0 Å². The number of ether oxygens (including phenoxy) is 1. The summed E-state index contributed by atoms with van der Waals surface area (Å²) in [6.45, 7) is 5.88. The zero-order chi connectivity index (χ0) is 11.5. The van der Waals surface area contributed by atoms with Crippen LogP contribution in [0.2, 0.25) is 0 Å². The van der Waals surface area contributed by atoms with E-state index < -0.39 is 17.2 Å². The fraction of sp³-hybridized carbons (Fsp3) is 0.917. The summed E-state index contributed by atoms with van der Waals surface area (Å²) < 4.78 is 5.36. The molecule has 0 amide bonds. The van der Waals surface area contributed by atoms with Crippen molar-refractivity contribution in [2.45, 2.75) is 70.5 Å². The van der Waals surface area contributed by atoms with Gasteiger partial charge in [0.15, 0.2) is 5.60 Å². The molecule has 3 heteroatoms. The minimum atomic E-state index is -0.890. The molecule has 88 valence electrons. The monoisotopic (exact) mass is 214 g/mol. The van der Waals surface area contributed by atoms with E-state index >= 15 is 0 Å². The Hall–Kier alpha value is -0.570. The molecule has 0 aliphatic carbocycles. The normalized spacial score (nSPS) is 27.7. The third-order valence-corrected chi connectivity index (χ3v) is 3.34. The van der Waals surface area contributed by atoms with Crippen LogP contribution in [0.25, 0.3) is 0 Å². The van der Waals surface area contributed by atoms with E-state index in [1.54, 1.807) is 0 Å². The zero-order valence-corrected chi connectivity index (χ0v) is 10.0. The molecule has 0 bridgehead atoms. The molecular formula is C12H22O3. The third-order valence-electron chi connectivity index (χ3n) is 3.34. The van der Waals surface area contributed by atoms with Gasteiger partial charge in [0, 0.05) is 0 Å². The van der Waals surface area contributed by atoms with E-state index in [2.05, 4.69) is 6.92 Å². The smallest absolute Gasteiger partial charge is 0.339 e. The highest BCUT2D eigenvalue weighted by Gasteiger charge is 2.68. The predicted molar refractivity (Wildman–Crippen MR) is 58.9 cm³/mol. The van der Waals surface area contributed by atoms with Crippen molar-refractivity contribution in [1.82, 2.24) is 0 Å². The topological polar surface area (TPSA) is 49.8 Å². The molecule has 1 aliphatic heterocycles. The Morgan fingerprint density at radius 2 is 1.73 bits per heavy atom. The maximum absolute atomic E-state index is 11.1. The Kier molecular flexibility index (Phi) is 3.77. The molecule has 0 saturated carbocycles. The Bertz CT molecular complexity index is 235. The van der Waals surface area contributed by atoms with Crippen LogP contribution >= 0.6 is 0 Å². The molecule has 1 aliphatic rings. The number of aliphatic carboxylic acids is 1. The molecule has 1 unspecified atom stereocenters. The Balaban J connectivity index is 2.28. The van der Waals surface area contributed by atoms with Crippen LogP contribution in [0.3, 0.4) is 0 Å². The number of carboxylic acids is 1. The lowest BCUT2D eigenvalue weighted by Crippen LogP contribution is -2.30. The van der Waals surface area contributed by atoms with Crippen LogP contribution < -0.4 is 0 Å². The first kappa shape index (κ1) is 12.5. The Morgan fingerprint density at radius 1 is 1.20 bits per heavy atom. The van der Waals surface area contributed by atoms with Crippen LogP contribution in [0.5, 0.6) is 0 Å². The molecule has 1 heterocycles. The maximum Gasteiger partial charge on any atom is 0.339 e. The Morgan fingerprint density at radius 3 is 2.13 bits per heavy atom. The van der Waals surface area contributed by atoms with Gasteiger partial charge in [-0.1, -0.05) is 32.6 Å². The van der Waals surface area contributed by atoms with Crippen molar-refractivity contribution in [3.63, 3.8) is 0 Å². The van der Waals surface area contributed by atoms with Gasteiger partial charge in [-0.05, 0) is 26.7 Å². The number of carbonyl (C=O) groups is 1. The molecule has 0 radical (unpaired) electrons. The van der Waals surface area contributed by atoms with Crippen molar-refractivity contribution < 1.29 is 14.6 Å². The van der Waals surface area contributed by atoms with Crippen molar-refractivity contribution in [2.75, 3.05) is 0 Å². The maximum atomic E-state index is 11.1. The van der Waals surface area contributed by atoms with Crippen molar-refractivity contribution >= 4 is 5.97 Å². The van der Waals surface area contributed by atoms with Gasteiger partial charge in [0.25, 0.3) is 0 Å². The number of unbranched alkanes of at least 4 members (excludes halogenated alkanes) is 4. The first-order valence-electron chi connectivity index (χ1n) is 5.90. The fourth-order valence-corrected chi connectivity index (χ4v) is 2.15. The lowest BCUT2D eigenvalue weighted by Gasteiger charge is -2.09. The molecule has 3 nitrogen and oxygen atoms in total. The van der Waals surface area contributed by atoms with Crippen LogP contribution in [-0.2, 0) is 9.53 Å². The highest BCUT2D eigenvalue weighted by Crippen LogP contribution is 2.51. The molecule has 0 aromatic heterocycles. The molecule has 1 fully saturated rings. The van der Waals surface area contributed by atoms with E-state index in [1.807, 2.05) is 13.8 Å². The molecule has 0 aromatic rings. The molecule has 0 spiro atoms. The number of carboxylic acid groups (broad SMARTS) is 1. The van der Waals surface area contributed by atoms with E-state index in [9.17, 15) is 4.79 Å². The van der Waals surface area contributed by atoms with Crippen molar-refractivity contribution in [3.05, 3.63) is 0 Å². The lowest BCUT2D eigenvalue weighted by atomic mass is 9.90. The lowest BCUT2D eigenvalue weighted by molar-refractivity contribution is -0.143. The summed E-state index contributed by atoms with van der Waals surface area (Å²) in [4.78, 5) is 11.1. The van der Waals surface area contributed by atoms with Gasteiger partial charge in [-0.25, -0.2) is 4.79 Å². The summed E-state index contributed by atoms with van der Waals surface area (Å²) in [5, 5.41) is 9.12. The van der Waals surface area contributed by atoms with E-state index in [0.29, 0.717) is 6.42 Å². The van der Waals surface area contributed by atoms with Crippen molar-refractivity contribution in [2.24, 2.45) is 0 Å². The Labute approximate surface area is 91.8 Å². The van der Waals surface area contributed by atoms with Gasteiger partial charge in [0.2, 0.25) is 0 Å². The molecule has 15 heavy (non-hydrogen) atoms. The van der Waals surface area contributed by atoms with Gasteiger partial charge in [-0.15, -0.1) is 0 Å². The van der Waals surface area contributed by atoms with Gasteiger partial charge < -0.3 is 9.84 Å². The second kappa shape index (κ2) is 4.52. The van der Waals surface area contributed by atoms with E-state index in [4.69, 9.17) is 9.84 Å². The van der Waals surface area contributed by atoms with Crippen LogP contribution in [0.15, 0.2) is 0 Å². The molecule has 1 atom stereocenters. The molecule has 1 saturated heterocycles. The predicted octanol–water partition coefficient (Wildman–Crippen LogP) is 2.98. The average molecular weight is 214 g/mol. The van der Waals surface area contributed by atoms with Crippen molar-refractivity contribution in [3.8, 4) is 0 Å². The summed E-state index contributed by atoms with van der Waals surface area (Å²) >= 11 is 0. The summed E-state index contributed by atoms with van der Waals surface area (Å²) in [5.74, 6) is -0.803. The van der Waals surface area contributed by atoms with Crippen molar-refractivity contribution in [1.29, 1.82) is 0 Å². The number of hydrogen-bond donors (Lipinski definition) is 1. The standard InChI is InChI=1S/C12H22O3/c1-4-5-6-7-8-9-12(10(13)14)11(2,3)15-12/h4-9H2,1-3H3,(H,13,14). The summed E-state index contributed by atoms with van der Waals surface area (Å²) in [5.41, 5.74) is -1.36. The second-order valence-electron chi connectivity index (χ2n) is 4.91. The molecular weight excluding hydrogens is 192 g/mol. The summed E-state index contributed by atoms with van der Waals surface area (Å²) in [6, 6.07) is 0. The third kappa shape index (κ3) is 2.51. The van der Waals surface area contributed by atoms with Gasteiger partial charge in [0.1, 0.15) is 5.60 Å². The number of epoxide rings is 1. The first-order chi connectivity index (χ1) is 6.96. The van der Waals surface area contributed by atoms with Gasteiger partial charge in [-0.2, -0.15) is 0 Å². The minimum Gasteiger partial charge on any atom is -0.479 e.